The molecule has 13 nitrogen and oxygen atoms in total. The molecule has 2 saturated carbocycles. The van der Waals surface area contributed by atoms with E-state index in [9.17, 15) is 14.4 Å². The normalized spacial score (nSPS) is 52.4. The van der Waals surface area contributed by atoms with Gasteiger partial charge >= 0.3 is 17.9 Å². The van der Waals surface area contributed by atoms with Gasteiger partial charge in [-0.3, -0.25) is 14.4 Å². The Labute approximate surface area is 275 Å². The van der Waals surface area contributed by atoms with E-state index in [4.69, 9.17) is 48.3 Å². The number of carbonyl (C=O) groups is 3. The number of aliphatic carboxylic acids is 1. The van der Waals surface area contributed by atoms with Gasteiger partial charge in [0.25, 0.3) is 0 Å². The first-order valence-electron chi connectivity index (χ1n) is 17.6. The molecule has 4 unspecified atom stereocenters. The first kappa shape index (κ1) is 33.6. The van der Waals surface area contributed by atoms with E-state index < -0.39 is 53.6 Å². The van der Waals surface area contributed by atoms with Crippen LogP contribution in [-0.2, 0) is 57.6 Å². The van der Waals surface area contributed by atoms with Crippen LogP contribution in [0.4, 0.5) is 0 Å². The monoisotopic (exact) mass is 666 g/mol. The summed E-state index contributed by atoms with van der Waals surface area (Å²) in [4.78, 5) is 58.2. The lowest BCUT2D eigenvalue weighted by Crippen LogP contribution is -2.70. The predicted octanol–water partition coefficient (Wildman–Crippen LogP) is 5.00. The molecule has 1 N–H and O–H groups in total. The average molecular weight is 667 g/mol. The highest BCUT2D eigenvalue weighted by Crippen LogP contribution is 2.61. The number of fused-ring (bicyclic) bond motifs is 4. The summed E-state index contributed by atoms with van der Waals surface area (Å²) >= 11 is 0. The number of esters is 2. The van der Waals surface area contributed by atoms with E-state index in [2.05, 4.69) is 13.8 Å². The fourth-order valence-corrected chi connectivity index (χ4v) is 10.2. The van der Waals surface area contributed by atoms with Crippen molar-refractivity contribution in [3.63, 3.8) is 0 Å². The highest BCUT2D eigenvalue weighted by molar-refractivity contribution is 5.76. The highest BCUT2D eigenvalue weighted by Gasteiger charge is 2.71. The quantitative estimate of drug-likeness (QED) is 0.317. The lowest BCUT2D eigenvalue weighted by Gasteiger charge is -2.59. The van der Waals surface area contributed by atoms with E-state index in [-0.39, 0.29) is 48.4 Å². The van der Waals surface area contributed by atoms with E-state index in [0.29, 0.717) is 24.2 Å². The minimum atomic E-state index is -1.03. The molecule has 0 aromatic heterocycles. The lowest BCUT2D eigenvalue weighted by atomic mass is 9.58. The van der Waals surface area contributed by atoms with Crippen molar-refractivity contribution >= 4 is 17.9 Å². The third-order valence-corrected chi connectivity index (χ3v) is 12.9. The van der Waals surface area contributed by atoms with Crippen LogP contribution in [0.3, 0.4) is 0 Å². The first-order valence-corrected chi connectivity index (χ1v) is 17.6. The molecule has 13 heteroatoms. The lowest BCUT2D eigenvalue weighted by molar-refractivity contribution is -0.576. The number of carboxylic acids is 1. The molecule has 8 aliphatic heterocycles. The molecule has 2 spiro atoms. The van der Waals surface area contributed by atoms with Crippen LogP contribution >= 0.6 is 0 Å². The van der Waals surface area contributed by atoms with Gasteiger partial charge in [-0.2, -0.15) is 0 Å². The Kier molecular flexibility index (Phi) is 8.50. The van der Waals surface area contributed by atoms with Gasteiger partial charge in [-0.1, -0.05) is 27.7 Å². The Morgan fingerprint density at radius 3 is 1.89 bits per heavy atom. The Bertz CT molecular complexity index is 1260. The van der Waals surface area contributed by atoms with Gasteiger partial charge in [0.15, 0.2) is 17.5 Å². The number of hydrogen-bond donors (Lipinski definition) is 1. The molecule has 8 heterocycles. The van der Waals surface area contributed by atoms with Crippen molar-refractivity contribution in [3.8, 4) is 0 Å². The zero-order chi connectivity index (χ0) is 33.5. The van der Waals surface area contributed by atoms with Crippen molar-refractivity contribution in [2.24, 2.45) is 47.3 Å². The van der Waals surface area contributed by atoms with Gasteiger partial charge in [0, 0.05) is 36.5 Å². The second-order valence-corrected chi connectivity index (χ2v) is 15.8. The average Bonchev–Trinajstić information content (AvgIpc) is 3.39. The maximum atomic E-state index is 12.1. The highest BCUT2D eigenvalue weighted by atomic mass is 17.3. The van der Waals surface area contributed by atoms with Gasteiger partial charge < -0.3 is 28.8 Å². The zero-order valence-corrected chi connectivity index (χ0v) is 28.3. The van der Waals surface area contributed by atoms with E-state index >= 15 is 0 Å². The summed E-state index contributed by atoms with van der Waals surface area (Å²) < 4.78 is 29.4. The summed E-state index contributed by atoms with van der Waals surface area (Å²) in [5.41, 5.74) is -1.31. The molecule has 0 aromatic rings. The largest absolute Gasteiger partial charge is 0.481 e. The topological polar surface area (TPSA) is 155 Å². The van der Waals surface area contributed by atoms with Crippen molar-refractivity contribution in [1.29, 1.82) is 0 Å². The van der Waals surface area contributed by atoms with Crippen LogP contribution in [0, 0.1) is 47.3 Å². The van der Waals surface area contributed by atoms with Crippen LogP contribution in [0.25, 0.3) is 0 Å². The molecule has 10 rings (SSSR count). The maximum Gasteiger partial charge on any atom is 0.311 e. The summed E-state index contributed by atoms with van der Waals surface area (Å²) in [7, 11) is 0. The van der Waals surface area contributed by atoms with Crippen molar-refractivity contribution in [3.05, 3.63) is 0 Å². The van der Waals surface area contributed by atoms with Crippen molar-refractivity contribution in [2.75, 3.05) is 0 Å². The Balaban J connectivity index is 0.000000156. The van der Waals surface area contributed by atoms with Crippen LogP contribution in [0.1, 0.15) is 106 Å². The number of ether oxygens (including phenoxy) is 5. The van der Waals surface area contributed by atoms with E-state index in [1.54, 1.807) is 0 Å². The Morgan fingerprint density at radius 1 is 0.745 bits per heavy atom. The number of carboxylic acid groups (broad SMARTS) is 1. The Hall–Kier alpha value is -1.87. The van der Waals surface area contributed by atoms with E-state index in [1.165, 1.54) is 0 Å². The predicted molar refractivity (Wildman–Crippen MR) is 158 cm³/mol. The van der Waals surface area contributed by atoms with Gasteiger partial charge in [0.05, 0.1) is 18.8 Å². The standard InChI is InChI=1S/C19H28O8.C15H22O5/c1-10-4-5-13-11(2)16(23-15(22)7-6-14(20)21)24-17-19(13)12(10)8-9-18(3,25-17)26-27-19;1-8-4-5-11-9(2)12(16)17-13-15(11)10(8)6-7-14(3,18-13)19-20-15/h10-13,16-17H,4-9H2,1-3H3,(H,20,21);8-11,13H,4-7H2,1-3H3/t10-,11-,12?,13?,16-,17-,18-,19-;8-,9-,10?,11?,13-,14-,15-/m11/s1. The van der Waals surface area contributed by atoms with Crippen LogP contribution < -0.4 is 0 Å². The molecule has 47 heavy (non-hydrogen) atoms. The maximum absolute atomic E-state index is 12.1. The first-order chi connectivity index (χ1) is 22.2. The summed E-state index contributed by atoms with van der Waals surface area (Å²) in [6, 6.07) is 0. The zero-order valence-electron chi connectivity index (χ0n) is 28.3. The fraction of sp³-hybridized carbons (Fsp3) is 0.912. The molecule has 4 bridgehead atoms. The van der Waals surface area contributed by atoms with Crippen molar-refractivity contribution in [2.45, 2.75) is 147 Å². The van der Waals surface area contributed by atoms with Crippen molar-refractivity contribution < 1.29 is 62.7 Å². The molecule has 10 aliphatic rings. The Morgan fingerprint density at radius 2 is 1.30 bits per heavy atom. The molecule has 8 saturated heterocycles. The molecule has 0 aromatic carbocycles. The summed E-state index contributed by atoms with van der Waals surface area (Å²) in [6.45, 7) is 12.1. The third kappa shape index (κ3) is 5.34. The summed E-state index contributed by atoms with van der Waals surface area (Å²) in [5, 5.41) is 8.76. The molecule has 0 amide bonds. The second kappa shape index (κ2) is 11.9. The van der Waals surface area contributed by atoms with Gasteiger partial charge in [-0.25, -0.2) is 19.6 Å². The number of rotatable bonds is 4. The molecular weight excluding hydrogens is 616 g/mol. The fourth-order valence-electron chi connectivity index (χ4n) is 10.2. The van der Waals surface area contributed by atoms with Crippen molar-refractivity contribution in [1.82, 2.24) is 0 Å². The van der Waals surface area contributed by atoms with Gasteiger partial charge in [0.2, 0.25) is 24.2 Å². The minimum absolute atomic E-state index is 0.0670. The minimum Gasteiger partial charge on any atom is -0.481 e. The summed E-state index contributed by atoms with van der Waals surface area (Å²) in [5.74, 6) is -1.96. The molecule has 0 radical (unpaired) electrons. The van der Waals surface area contributed by atoms with Gasteiger partial charge in [0.1, 0.15) is 0 Å². The SMILES string of the molecule is C[C@@H]1CCC2[C@@H](C)C(=O)O[C@@H]3O[C@@]4(C)CCC1[C@@]23OO4.C[C@@H]1CCC2[C@@H](C)[C@H](OC(=O)CCC(=O)O)O[C@@H]3O[C@@]4(C)CCC1[C@@]23OO4. The van der Waals surface area contributed by atoms with E-state index in [0.717, 1.165) is 44.9 Å². The van der Waals surface area contributed by atoms with Gasteiger partial charge in [-0.05, 0) is 70.1 Å². The molecule has 15 atom stereocenters. The van der Waals surface area contributed by atoms with Gasteiger partial charge in [-0.15, -0.1) is 0 Å². The van der Waals surface area contributed by atoms with Crippen LogP contribution in [0.15, 0.2) is 0 Å². The van der Waals surface area contributed by atoms with E-state index in [1.807, 2.05) is 27.7 Å². The summed E-state index contributed by atoms with van der Waals surface area (Å²) in [6.07, 6.45) is 4.96. The van der Waals surface area contributed by atoms with Crippen LogP contribution in [0.5, 0.6) is 0 Å². The van der Waals surface area contributed by atoms with Crippen LogP contribution in [-0.4, -0.2) is 64.7 Å². The molecule has 2 aliphatic carbocycles. The second-order valence-electron chi connectivity index (χ2n) is 15.8. The molecular formula is C34H50O13. The van der Waals surface area contributed by atoms with Crippen LogP contribution in [0.2, 0.25) is 0 Å². The third-order valence-electron chi connectivity index (χ3n) is 12.9. The molecule has 264 valence electrons. The molecule has 10 fully saturated rings. The smallest absolute Gasteiger partial charge is 0.311 e. The number of carbonyl (C=O) groups excluding carboxylic acids is 2. The number of hydrogen-bond acceptors (Lipinski definition) is 12.